The van der Waals surface area contributed by atoms with Gasteiger partial charge in [-0.25, -0.2) is 13.1 Å². The van der Waals surface area contributed by atoms with E-state index in [1.165, 1.54) is 4.68 Å². The maximum Gasteiger partial charge on any atom is 0.241 e. The number of hydrogen-bond acceptors (Lipinski definition) is 5. The van der Waals surface area contributed by atoms with Crippen molar-refractivity contribution in [2.24, 2.45) is 0 Å². The molecule has 7 nitrogen and oxygen atoms in total. The minimum absolute atomic E-state index is 0.253. The van der Waals surface area contributed by atoms with Crippen LogP contribution >= 0.6 is 0 Å². The van der Waals surface area contributed by atoms with Gasteiger partial charge in [0.1, 0.15) is 0 Å². The highest BCUT2D eigenvalue weighted by atomic mass is 32.2. The highest BCUT2D eigenvalue weighted by Crippen LogP contribution is 2.20. The molecule has 0 radical (unpaired) electrons. The first-order valence-corrected chi connectivity index (χ1v) is 9.30. The van der Waals surface area contributed by atoms with Crippen molar-refractivity contribution in [3.63, 3.8) is 0 Å². The van der Waals surface area contributed by atoms with Crippen molar-refractivity contribution in [1.29, 1.82) is 0 Å². The van der Waals surface area contributed by atoms with Gasteiger partial charge in [0.05, 0.1) is 16.6 Å². The molecule has 1 aromatic heterocycles. The van der Waals surface area contributed by atoms with Crippen LogP contribution < -0.4 is 4.72 Å². The third-order valence-corrected chi connectivity index (χ3v) is 5.53. The van der Waals surface area contributed by atoms with Gasteiger partial charge in [-0.05, 0) is 55.0 Å². The quantitative estimate of drug-likeness (QED) is 0.757. The average Bonchev–Trinajstić information content (AvgIpc) is 3.04. The number of hydrogen-bond donors (Lipinski definition) is 1. The second-order valence-corrected chi connectivity index (χ2v) is 7.58. The summed E-state index contributed by atoms with van der Waals surface area (Å²) in [7, 11) is -3.69. The van der Waals surface area contributed by atoms with Crippen molar-refractivity contribution in [2.75, 3.05) is 0 Å². The Morgan fingerprint density at radius 1 is 1.08 bits per heavy atom. The number of sulfonamides is 1. The predicted octanol–water partition coefficient (Wildman–Crippen LogP) is 2.32. The summed E-state index contributed by atoms with van der Waals surface area (Å²) < 4.78 is 29.6. The number of benzene rings is 2. The van der Waals surface area contributed by atoms with Gasteiger partial charge in [0.15, 0.2) is 5.82 Å². The summed E-state index contributed by atoms with van der Waals surface area (Å²) in [6.07, 6.45) is 0. The molecule has 130 valence electrons. The highest BCUT2D eigenvalue weighted by Gasteiger charge is 2.24. The minimum atomic E-state index is -3.69. The molecule has 0 aliphatic heterocycles. The number of tetrazole rings is 1. The van der Waals surface area contributed by atoms with Gasteiger partial charge in [-0.3, -0.25) is 0 Å². The van der Waals surface area contributed by atoms with E-state index >= 15 is 0 Å². The third-order valence-electron chi connectivity index (χ3n) is 3.83. The SMILES string of the molecule is Cc1ccc(S(=O)(=O)NC(C)c2nnnn2-c2ccccc2)c(C)c1. The molecule has 0 spiro atoms. The Labute approximate surface area is 146 Å². The number of aryl methyl sites for hydroxylation is 2. The summed E-state index contributed by atoms with van der Waals surface area (Å²) in [6, 6.07) is 14.0. The molecule has 1 unspecified atom stereocenters. The van der Waals surface area contributed by atoms with Crippen LogP contribution in [0.5, 0.6) is 0 Å². The van der Waals surface area contributed by atoms with Crippen molar-refractivity contribution < 1.29 is 8.42 Å². The lowest BCUT2D eigenvalue weighted by Crippen LogP contribution is -2.29. The predicted molar refractivity (Wildman–Crippen MR) is 93.8 cm³/mol. The van der Waals surface area contributed by atoms with Gasteiger partial charge in [-0.1, -0.05) is 35.9 Å². The molecular weight excluding hydrogens is 338 g/mol. The van der Waals surface area contributed by atoms with E-state index in [-0.39, 0.29) is 4.90 Å². The molecule has 0 saturated heterocycles. The van der Waals surface area contributed by atoms with Gasteiger partial charge >= 0.3 is 0 Å². The Kier molecular flexibility index (Phi) is 4.65. The summed E-state index contributed by atoms with van der Waals surface area (Å²) in [6.45, 7) is 5.42. The highest BCUT2D eigenvalue weighted by molar-refractivity contribution is 7.89. The molecule has 0 aliphatic rings. The molecule has 2 aromatic carbocycles. The fraction of sp³-hybridized carbons (Fsp3) is 0.235. The summed E-state index contributed by atoms with van der Waals surface area (Å²) in [4.78, 5) is 0.253. The van der Waals surface area contributed by atoms with Crippen molar-refractivity contribution in [3.05, 3.63) is 65.5 Å². The maximum atomic E-state index is 12.7. The van der Waals surface area contributed by atoms with Crippen LogP contribution in [0.1, 0.15) is 29.9 Å². The molecular formula is C17H19N5O2S. The molecule has 3 aromatic rings. The zero-order valence-corrected chi connectivity index (χ0v) is 15.0. The van der Waals surface area contributed by atoms with Crippen molar-refractivity contribution in [2.45, 2.75) is 31.7 Å². The molecule has 1 atom stereocenters. The van der Waals surface area contributed by atoms with Crippen LogP contribution in [0.2, 0.25) is 0 Å². The van der Waals surface area contributed by atoms with Crippen LogP contribution in [-0.4, -0.2) is 28.6 Å². The van der Waals surface area contributed by atoms with Crippen LogP contribution in [0.15, 0.2) is 53.4 Å². The lowest BCUT2D eigenvalue weighted by Gasteiger charge is -2.15. The number of nitrogens with zero attached hydrogens (tertiary/aromatic N) is 4. The lowest BCUT2D eigenvalue weighted by molar-refractivity contribution is 0.554. The number of rotatable bonds is 5. The Hall–Kier alpha value is -2.58. The first-order valence-electron chi connectivity index (χ1n) is 7.82. The Morgan fingerprint density at radius 2 is 1.80 bits per heavy atom. The normalized spacial score (nSPS) is 12.9. The Bertz CT molecular complexity index is 983. The van der Waals surface area contributed by atoms with Gasteiger partial charge in [0.25, 0.3) is 0 Å². The van der Waals surface area contributed by atoms with E-state index in [0.717, 1.165) is 11.3 Å². The lowest BCUT2D eigenvalue weighted by atomic mass is 10.2. The molecule has 0 fully saturated rings. The summed E-state index contributed by atoms with van der Waals surface area (Å²) in [5.74, 6) is 0.416. The van der Waals surface area contributed by atoms with Crippen LogP contribution in [0.25, 0.3) is 5.69 Å². The second-order valence-electron chi connectivity index (χ2n) is 5.90. The Morgan fingerprint density at radius 3 is 2.48 bits per heavy atom. The van der Waals surface area contributed by atoms with Gasteiger partial charge in [0.2, 0.25) is 10.0 Å². The number of nitrogens with one attached hydrogen (secondary N) is 1. The van der Waals surface area contributed by atoms with E-state index in [2.05, 4.69) is 20.2 Å². The Balaban J connectivity index is 1.90. The van der Waals surface area contributed by atoms with Gasteiger partial charge in [0, 0.05) is 0 Å². The minimum Gasteiger partial charge on any atom is -0.207 e. The smallest absolute Gasteiger partial charge is 0.207 e. The molecule has 3 rings (SSSR count). The van der Waals surface area contributed by atoms with Crippen molar-refractivity contribution in [3.8, 4) is 5.69 Å². The van der Waals surface area contributed by atoms with E-state index in [9.17, 15) is 8.42 Å². The average molecular weight is 357 g/mol. The maximum absolute atomic E-state index is 12.7. The van der Waals surface area contributed by atoms with Crippen LogP contribution in [-0.2, 0) is 10.0 Å². The summed E-state index contributed by atoms with van der Waals surface area (Å²) >= 11 is 0. The van der Waals surface area contributed by atoms with E-state index in [4.69, 9.17) is 0 Å². The first-order chi connectivity index (χ1) is 11.9. The van der Waals surface area contributed by atoms with Gasteiger partial charge in [-0.2, -0.15) is 4.68 Å². The fourth-order valence-corrected chi connectivity index (χ4v) is 4.09. The van der Waals surface area contributed by atoms with Crippen molar-refractivity contribution in [1.82, 2.24) is 24.9 Å². The zero-order chi connectivity index (χ0) is 18.0. The standard InChI is InChI=1S/C17H19N5O2S/c1-12-9-10-16(13(2)11-12)25(23,24)19-14(3)17-18-20-21-22(17)15-7-5-4-6-8-15/h4-11,14,19H,1-3H3. The summed E-state index contributed by atoms with van der Waals surface area (Å²) in [5, 5.41) is 11.6. The van der Waals surface area contributed by atoms with Crippen molar-refractivity contribution >= 4 is 10.0 Å². The van der Waals surface area contributed by atoms with E-state index in [1.54, 1.807) is 26.0 Å². The summed E-state index contributed by atoms with van der Waals surface area (Å²) in [5.41, 5.74) is 2.47. The van der Waals surface area contributed by atoms with Gasteiger partial charge in [-0.15, -0.1) is 5.10 Å². The molecule has 0 saturated carbocycles. The van der Waals surface area contributed by atoms with Crippen LogP contribution in [0.4, 0.5) is 0 Å². The second kappa shape index (κ2) is 6.73. The zero-order valence-electron chi connectivity index (χ0n) is 14.2. The molecule has 0 aliphatic carbocycles. The molecule has 1 N–H and O–H groups in total. The number of para-hydroxylation sites is 1. The van der Waals surface area contributed by atoms with E-state index < -0.39 is 16.1 Å². The largest absolute Gasteiger partial charge is 0.241 e. The van der Waals surface area contributed by atoms with Crippen LogP contribution in [0, 0.1) is 13.8 Å². The van der Waals surface area contributed by atoms with E-state index in [0.29, 0.717) is 11.4 Å². The van der Waals surface area contributed by atoms with Crippen LogP contribution in [0.3, 0.4) is 0 Å². The van der Waals surface area contributed by atoms with Gasteiger partial charge < -0.3 is 0 Å². The van der Waals surface area contributed by atoms with E-state index in [1.807, 2.05) is 43.3 Å². The molecule has 1 heterocycles. The molecule has 0 amide bonds. The fourth-order valence-electron chi connectivity index (χ4n) is 2.67. The topological polar surface area (TPSA) is 89.8 Å². The first kappa shape index (κ1) is 17.2. The molecule has 8 heteroatoms. The third kappa shape index (κ3) is 3.59. The number of aromatic nitrogens is 4. The molecule has 0 bridgehead atoms. The molecule has 25 heavy (non-hydrogen) atoms. The monoisotopic (exact) mass is 357 g/mol.